The second kappa shape index (κ2) is 8.83. The van der Waals surface area contributed by atoms with Gasteiger partial charge in [0.2, 0.25) is 5.79 Å². The van der Waals surface area contributed by atoms with E-state index in [0.717, 1.165) is 16.8 Å². The Labute approximate surface area is 196 Å². The molecule has 1 unspecified atom stereocenters. The number of H-pyrrole nitrogens is 1. The highest BCUT2D eigenvalue weighted by Gasteiger charge is 2.63. The van der Waals surface area contributed by atoms with Crippen LogP contribution in [0.3, 0.4) is 0 Å². The molecule has 0 aliphatic carbocycles. The monoisotopic (exact) mass is 504 g/mol. The molecule has 4 N–H and O–H groups in total. The zero-order chi connectivity index (χ0) is 25.8. The minimum absolute atomic E-state index is 0.235. The first-order valence-corrected chi connectivity index (χ1v) is 16.9. The molecule has 10 nitrogen and oxygen atoms in total. The number of rotatable bonds is 6. The molecule has 1 aliphatic rings. The lowest BCUT2D eigenvalue weighted by Crippen LogP contribution is -2.59. The third-order valence-corrected chi connectivity index (χ3v) is 16.1. The Morgan fingerprint density at radius 3 is 2.06 bits per heavy atom. The summed E-state index contributed by atoms with van der Waals surface area (Å²) in [6.07, 6.45) is -5.11. The lowest BCUT2D eigenvalue weighted by atomic mass is 10.1. The normalized spacial score (nSPS) is 28.2. The van der Waals surface area contributed by atoms with Crippen LogP contribution in [0.1, 0.15) is 47.8 Å². The fourth-order valence-corrected chi connectivity index (χ4v) is 5.46. The highest BCUT2D eigenvalue weighted by Crippen LogP contribution is 2.47. The van der Waals surface area contributed by atoms with E-state index in [-0.39, 0.29) is 10.1 Å². The van der Waals surface area contributed by atoms with Crippen molar-refractivity contribution in [2.45, 2.75) is 108 Å². The summed E-state index contributed by atoms with van der Waals surface area (Å²) in [5.74, 6) is -2.38. The van der Waals surface area contributed by atoms with Gasteiger partial charge in [-0.15, -0.1) is 0 Å². The standard InChI is InChI=1S/C21H40N2O8Si2/c1-19(2,3)32(7,8)30-16(26)14-15(25)21(28,31-33(9,10)20(4,5)6)17(29-14)23-12-11-13(24)22-18(23)27/h11-12,14-17,25-26,28H,1-10H3,(H,22,24,27)/t14-,15+,16?,17+,21-/m0/s1. The molecule has 0 saturated carbocycles. The van der Waals surface area contributed by atoms with E-state index >= 15 is 0 Å². The van der Waals surface area contributed by atoms with E-state index in [1.165, 1.54) is 0 Å². The largest absolute Gasteiger partial charge is 0.390 e. The van der Waals surface area contributed by atoms with E-state index in [2.05, 4.69) is 4.98 Å². The molecule has 1 aromatic heterocycles. The predicted molar refractivity (Wildman–Crippen MR) is 129 cm³/mol. The molecule has 0 bridgehead atoms. The van der Waals surface area contributed by atoms with E-state index in [1.54, 1.807) is 0 Å². The molecular weight excluding hydrogens is 464 g/mol. The lowest BCUT2D eigenvalue weighted by molar-refractivity contribution is -0.238. The van der Waals surface area contributed by atoms with Gasteiger partial charge < -0.3 is 28.9 Å². The van der Waals surface area contributed by atoms with Gasteiger partial charge in [-0.1, -0.05) is 41.5 Å². The minimum Gasteiger partial charge on any atom is -0.390 e. The maximum absolute atomic E-state index is 12.5. The third-order valence-electron chi connectivity index (χ3n) is 7.21. The van der Waals surface area contributed by atoms with E-state index < -0.39 is 58.4 Å². The highest BCUT2D eigenvalue weighted by molar-refractivity contribution is 6.74. The smallest absolute Gasteiger partial charge is 0.330 e. The van der Waals surface area contributed by atoms with Gasteiger partial charge in [0.1, 0.15) is 12.2 Å². The van der Waals surface area contributed by atoms with Crippen LogP contribution in [0.4, 0.5) is 0 Å². The van der Waals surface area contributed by atoms with Gasteiger partial charge >= 0.3 is 5.69 Å². The van der Waals surface area contributed by atoms with Crippen LogP contribution in [-0.4, -0.2) is 65.8 Å². The van der Waals surface area contributed by atoms with Crippen LogP contribution in [0.25, 0.3) is 0 Å². The molecule has 190 valence electrons. The van der Waals surface area contributed by atoms with Crippen LogP contribution >= 0.6 is 0 Å². The highest BCUT2D eigenvalue weighted by atomic mass is 28.4. The van der Waals surface area contributed by atoms with Crippen molar-refractivity contribution in [2.24, 2.45) is 0 Å². The Kier molecular flexibility index (Phi) is 7.52. The van der Waals surface area contributed by atoms with Crippen molar-refractivity contribution >= 4 is 16.6 Å². The topological polar surface area (TPSA) is 143 Å². The van der Waals surface area contributed by atoms with Gasteiger partial charge in [-0.2, -0.15) is 0 Å². The number of aromatic amines is 1. The Morgan fingerprint density at radius 2 is 1.61 bits per heavy atom. The Morgan fingerprint density at radius 1 is 1.09 bits per heavy atom. The van der Waals surface area contributed by atoms with Crippen molar-refractivity contribution in [3.8, 4) is 0 Å². The molecule has 0 amide bonds. The van der Waals surface area contributed by atoms with Crippen molar-refractivity contribution < 1.29 is 28.9 Å². The number of nitrogens with one attached hydrogen (secondary N) is 1. The van der Waals surface area contributed by atoms with Gasteiger partial charge in [-0.05, 0) is 36.3 Å². The molecule has 2 rings (SSSR count). The zero-order valence-corrected chi connectivity index (χ0v) is 23.3. The van der Waals surface area contributed by atoms with Gasteiger partial charge in [0.25, 0.3) is 5.56 Å². The maximum atomic E-state index is 12.5. The lowest BCUT2D eigenvalue weighted by Gasteiger charge is -2.44. The molecule has 12 heteroatoms. The first-order valence-electron chi connectivity index (χ1n) is 11.1. The van der Waals surface area contributed by atoms with Crippen molar-refractivity contribution in [1.82, 2.24) is 9.55 Å². The Hall–Kier alpha value is -1.13. The third kappa shape index (κ3) is 5.43. The van der Waals surface area contributed by atoms with Gasteiger partial charge in [-0.3, -0.25) is 14.3 Å². The molecule has 0 spiro atoms. The number of hydrogen-bond acceptors (Lipinski definition) is 8. The van der Waals surface area contributed by atoms with Gasteiger partial charge in [0.05, 0.1) is 0 Å². The van der Waals surface area contributed by atoms with Gasteiger partial charge in [-0.25, -0.2) is 4.79 Å². The predicted octanol–water partition coefficient (Wildman–Crippen LogP) is 1.85. The number of aliphatic hydroxyl groups excluding tert-OH is 2. The molecule has 1 fully saturated rings. The van der Waals surface area contributed by atoms with Crippen molar-refractivity contribution in [3.63, 3.8) is 0 Å². The summed E-state index contributed by atoms with van der Waals surface area (Å²) in [5, 5.41) is 33.2. The minimum atomic E-state index is -2.72. The Bertz CT molecular complexity index is 962. The summed E-state index contributed by atoms with van der Waals surface area (Å²) in [7, 11) is -5.20. The van der Waals surface area contributed by atoms with Crippen LogP contribution in [0.5, 0.6) is 0 Å². The second-order valence-electron chi connectivity index (χ2n) is 11.8. The van der Waals surface area contributed by atoms with E-state index in [0.29, 0.717) is 0 Å². The van der Waals surface area contributed by atoms with E-state index in [9.17, 15) is 24.9 Å². The van der Waals surface area contributed by atoms with Crippen molar-refractivity contribution in [3.05, 3.63) is 33.1 Å². The van der Waals surface area contributed by atoms with Crippen LogP contribution in [0.15, 0.2) is 21.9 Å². The Balaban J connectivity index is 2.54. The zero-order valence-electron chi connectivity index (χ0n) is 21.3. The molecule has 0 aromatic carbocycles. The summed E-state index contributed by atoms with van der Waals surface area (Å²) < 4.78 is 19.0. The van der Waals surface area contributed by atoms with Crippen molar-refractivity contribution in [2.75, 3.05) is 0 Å². The fraction of sp³-hybridized carbons (Fsp3) is 0.810. The summed E-state index contributed by atoms with van der Waals surface area (Å²) in [6, 6.07) is 1.10. The van der Waals surface area contributed by atoms with Gasteiger partial charge in [0, 0.05) is 12.3 Å². The van der Waals surface area contributed by atoms with Crippen LogP contribution in [0, 0.1) is 0 Å². The molecule has 1 saturated heterocycles. The molecule has 33 heavy (non-hydrogen) atoms. The molecule has 0 radical (unpaired) electrons. The van der Waals surface area contributed by atoms with Crippen molar-refractivity contribution in [1.29, 1.82) is 0 Å². The summed E-state index contributed by atoms with van der Waals surface area (Å²) in [6.45, 7) is 19.5. The molecule has 2 heterocycles. The summed E-state index contributed by atoms with van der Waals surface area (Å²) >= 11 is 0. The molecule has 5 atom stereocenters. The number of hydrogen-bond donors (Lipinski definition) is 4. The number of aromatic nitrogens is 2. The summed E-state index contributed by atoms with van der Waals surface area (Å²) in [4.78, 5) is 26.2. The van der Waals surface area contributed by atoms with Crippen LogP contribution in [-0.2, 0) is 13.6 Å². The number of ether oxygens (including phenoxy) is 1. The second-order valence-corrected chi connectivity index (χ2v) is 21.3. The first-order chi connectivity index (χ1) is 14.6. The van der Waals surface area contributed by atoms with Crippen LogP contribution < -0.4 is 11.2 Å². The fourth-order valence-electron chi connectivity index (χ4n) is 3.02. The molecular formula is C21H40N2O8Si2. The quantitative estimate of drug-likeness (QED) is 0.339. The van der Waals surface area contributed by atoms with Crippen LogP contribution in [0.2, 0.25) is 36.3 Å². The SMILES string of the molecule is CC(C)(C)[Si](C)(C)OC(O)[C@H]1O[C@@H](n2ccc(=O)[nH]c2=O)[C@@](O)(O[Si](C)(C)C(C)(C)C)[C@@H]1O. The van der Waals surface area contributed by atoms with Gasteiger partial charge in [0.15, 0.2) is 29.2 Å². The molecule has 1 aromatic rings. The van der Waals surface area contributed by atoms with E-state index in [1.807, 2.05) is 67.7 Å². The molecule has 1 aliphatic heterocycles. The summed E-state index contributed by atoms with van der Waals surface area (Å²) in [5.41, 5.74) is -1.47. The van der Waals surface area contributed by atoms with E-state index in [4.69, 9.17) is 13.6 Å². The average Bonchev–Trinajstić information content (AvgIpc) is 2.84. The number of nitrogens with zero attached hydrogens (tertiary/aromatic N) is 1. The first kappa shape index (κ1) is 28.1. The average molecular weight is 505 g/mol. The number of aliphatic hydroxyl groups is 3. The maximum Gasteiger partial charge on any atom is 0.330 e.